The molecule has 0 aliphatic carbocycles. The highest BCUT2D eigenvalue weighted by Crippen LogP contribution is 2.31. The molecular formula is C18H22BrN3O3. The summed E-state index contributed by atoms with van der Waals surface area (Å²) in [6, 6.07) is 5.62. The van der Waals surface area contributed by atoms with Crippen LogP contribution in [0.3, 0.4) is 0 Å². The molecule has 0 unspecified atom stereocenters. The number of fused-ring (bicyclic) bond motifs is 1. The zero-order valence-electron chi connectivity index (χ0n) is 14.2. The second kappa shape index (κ2) is 8.01. The molecule has 25 heavy (non-hydrogen) atoms. The third-order valence-electron chi connectivity index (χ3n) is 4.36. The second-order valence-electron chi connectivity index (χ2n) is 6.13. The largest absolute Gasteiger partial charge is 0.461 e. The zero-order valence-corrected chi connectivity index (χ0v) is 15.8. The maximum absolute atomic E-state index is 12.4. The van der Waals surface area contributed by atoms with Gasteiger partial charge in [0.05, 0.1) is 12.3 Å². The number of amides is 1. The summed E-state index contributed by atoms with van der Waals surface area (Å²) in [5.74, 6) is -0.567. The molecule has 2 N–H and O–H groups in total. The molecule has 0 bridgehead atoms. The van der Waals surface area contributed by atoms with Gasteiger partial charge in [-0.2, -0.15) is 0 Å². The Labute approximate surface area is 155 Å². The van der Waals surface area contributed by atoms with E-state index in [4.69, 9.17) is 4.74 Å². The van der Waals surface area contributed by atoms with Crippen LogP contribution in [0.25, 0.3) is 10.9 Å². The third kappa shape index (κ3) is 4.22. The number of esters is 1. The van der Waals surface area contributed by atoms with Crippen LogP contribution in [-0.2, 0) is 9.53 Å². The lowest BCUT2D eigenvalue weighted by Crippen LogP contribution is -2.25. The van der Waals surface area contributed by atoms with Crippen molar-refractivity contribution in [2.24, 2.45) is 0 Å². The van der Waals surface area contributed by atoms with Crippen molar-refractivity contribution < 1.29 is 14.3 Å². The van der Waals surface area contributed by atoms with E-state index in [1.165, 1.54) is 12.8 Å². The van der Waals surface area contributed by atoms with Crippen molar-refractivity contribution in [1.82, 2.24) is 9.88 Å². The Hall–Kier alpha value is -1.86. The molecule has 3 rings (SSSR count). The number of likely N-dealkylation sites (tertiary alicyclic amines) is 1. The van der Waals surface area contributed by atoms with Gasteiger partial charge >= 0.3 is 5.97 Å². The highest BCUT2D eigenvalue weighted by molar-refractivity contribution is 9.10. The summed E-state index contributed by atoms with van der Waals surface area (Å²) in [6.07, 6.45) is 2.80. The van der Waals surface area contributed by atoms with Crippen molar-refractivity contribution in [1.29, 1.82) is 0 Å². The number of carbonyl (C=O) groups excluding carboxylic acids is 2. The van der Waals surface area contributed by atoms with Gasteiger partial charge in [0, 0.05) is 28.3 Å². The fourth-order valence-corrected chi connectivity index (χ4v) is 3.48. The van der Waals surface area contributed by atoms with Crippen LogP contribution in [0, 0.1) is 0 Å². The molecule has 1 fully saturated rings. The van der Waals surface area contributed by atoms with Crippen LogP contribution in [-0.4, -0.2) is 48.0 Å². The van der Waals surface area contributed by atoms with Crippen molar-refractivity contribution in [2.45, 2.75) is 26.2 Å². The molecule has 6 nitrogen and oxygen atoms in total. The Balaban J connectivity index is 1.81. The van der Waals surface area contributed by atoms with Gasteiger partial charge in [-0.25, -0.2) is 4.79 Å². The number of halogens is 1. The molecule has 1 aliphatic rings. The van der Waals surface area contributed by atoms with Crippen molar-refractivity contribution >= 4 is 44.4 Å². The molecule has 0 saturated carbocycles. The van der Waals surface area contributed by atoms with Crippen molar-refractivity contribution in [3.63, 3.8) is 0 Å². The van der Waals surface area contributed by atoms with Crippen molar-refractivity contribution in [3.8, 4) is 0 Å². The summed E-state index contributed by atoms with van der Waals surface area (Å²) in [5, 5.41) is 3.69. The SMILES string of the molecule is CCOC(=O)c1[nH]c2ccc(Br)cc2c1NC(=O)CCN1CCCC1. The van der Waals surface area contributed by atoms with Crippen LogP contribution in [0.4, 0.5) is 5.69 Å². The number of ether oxygens (including phenoxy) is 1. The molecule has 2 aromatic rings. The lowest BCUT2D eigenvalue weighted by atomic mass is 10.2. The number of nitrogens with one attached hydrogen (secondary N) is 2. The fraction of sp³-hybridized carbons (Fsp3) is 0.444. The second-order valence-corrected chi connectivity index (χ2v) is 7.05. The lowest BCUT2D eigenvalue weighted by molar-refractivity contribution is -0.116. The van der Waals surface area contributed by atoms with Crippen LogP contribution < -0.4 is 5.32 Å². The minimum Gasteiger partial charge on any atom is -0.461 e. The molecule has 0 atom stereocenters. The van der Waals surface area contributed by atoms with E-state index in [0.717, 1.165) is 35.0 Å². The Morgan fingerprint density at radius 1 is 1.32 bits per heavy atom. The summed E-state index contributed by atoms with van der Waals surface area (Å²) in [5.41, 5.74) is 1.55. The van der Waals surface area contributed by atoms with Gasteiger partial charge < -0.3 is 19.9 Å². The number of hydrogen-bond donors (Lipinski definition) is 2. The molecule has 1 aromatic carbocycles. The summed E-state index contributed by atoms with van der Waals surface area (Å²) < 4.78 is 5.99. The van der Waals surface area contributed by atoms with Crippen LogP contribution in [0.15, 0.2) is 22.7 Å². The van der Waals surface area contributed by atoms with Crippen molar-refractivity contribution in [2.75, 3.05) is 31.6 Å². The van der Waals surface area contributed by atoms with Gasteiger partial charge in [0.25, 0.3) is 0 Å². The van der Waals surface area contributed by atoms with E-state index in [0.29, 0.717) is 12.1 Å². The summed E-state index contributed by atoms with van der Waals surface area (Å²) in [4.78, 5) is 30.0. The smallest absolute Gasteiger partial charge is 0.356 e. The van der Waals surface area contributed by atoms with E-state index in [1.54, 1.807) is 6.92 Å². The van der Waals surface area contributed by atoms with E-state index >= 15 is 0 Å². The predicted octanol–water partition coefficient (Wildman–Crippen LogP) is 3.53. The Morgan fingerprint density at radius 3 is 2.80 bits per heavy atom. The first kappa shape index (κ1) is 17.9. The molecule has 134 valence electrons. The van der Waals surface area contributed by atoms with Gasteiger partial charge in [0.15, 0.2) is 0 Å². The first-order valence-electron chi connectivity index (χ1n) is 8.59. The lowest BCUT2D eigenvalue weighted by Gasteiger charge is -2.14. The van der Waals surface area contributed by atoms with E-state index in [-0.39, 0.29) is 18.2 Å². The number of rotatable bonds is 6. The van der Waals surface area contributed by atoms with E-state index in [2.05, 4.69) is 31.1 Å². The fourth-order valence-electron chi connectivity index (χ4n) is 3.12. The molecule has 2 heterocycles. The predicted molar refractivity (Wildman–Crippen MR) is 101 cm³/mol. The zero-order chi connectivity index (χ0) is 17.8. The number of nitrogens with zero attached hydrogens (tertiary/aromatic N) is 1. The van der Waals surface area contributed by atoms with Gasteiger partial charge in [0.2, 0.25) is 5.91 Å². The quantitative estimate of drug-likeness (QED) is 0.718. The average Bonchev–Trinajstić information content (AvgIpc) is 3.21. The molecule has 1 amide bonds. The first-order valence-corrected chi connectivity index (χ1v) is 9.38. The van der Waals surface area contributed by atoms with Gasteiger partial charge in [-0.05, 0) is 51.1 Å². The van der Waals surface area contributed by atoms with Crippen LogP contribution in [0.5, 0.6) is 0 Å². The molecule has 0 spiro atoms. The standard InChI is InChI=1S/C18H22BrN3O3/c1-2-25-18(24)17-16(13-11-12(19)5-6-14(13)20-17)21-15(23)7-10-22-8-3-4-9-22/h5-6,11,20H,2-4,7-10H2,1H3,(H,21,23). The number of benzene rings is 1. The van der Waals surface area contributed by atoms with E-state index in [1.807, 2.05) is 18.2 Å². The number of aromatic nitrogens is 1. The Morgan fingerprint density at radius 2 is 2.08 bits per heavy atom. The topological polar surface area (TPSA) is 74.4 Å². The van der Waals surface area contributed by atoms with Crippen LogP contribution >= 0.6 is 15.9 Å². The van der Waals surface area contributed by atoms with Crippen LogP contribution in [0.2, 0.25) is 0 Å². The maximum atomic E-state index is 12.4. The van der Waals surface area contributed by atoms with Gasteiger partial charge in [0.1, 0.15) is 5.69 Å². The monoisotopic (exact) mass is 407 g/mol. The summed E-state index contributed by atoms with van der Waals surface area (Å²) in [6.45, 7) is 4.89. The summed E-state index contributed by atoms with van der Waals surface area (Å²) >= 11 is 3.44. The number of carbonyl (C=O) groups is 2. The maximum Gasteiger partial charge on any atom is 0.356 e. The molecule has 1 saturated heterocycles. The summed E-state index contributed by atoms with van der Waals surface area (Å²) in [7, 11) is 0. The van der Waals surface area contributed by atoms with Gasteiger partial charge in [-0.1, -0.05) is 15.9 Å². The van der Waals surface area contributed by atoms with Gasteiger partial charge in [-0.3, -0.25) is 4.79 Å². The molecule has 1 aliphatic heterocycles. The normalized spacial score (nSPS) is 14.8. The molecule has 0 radical (unpaired) electrons. The molecule has 7 heteroatoms. The van der Waals surface area contributed by atoms with Gasteiger partial charge in [-0.15, -0.1) is 0 Å². The third-order valence-corrected chi connectivity index (χ3v) is 4.85. The highest BCUT2D eigenvalue weighted by atomic mass is 79.9. The first-order chi connectivity index (χ1) is 12.1. The minimum atomic E-state index is -0.468. The Bertz CT molecular complexity index is 781. The Kier molecular flexibility index (Phi) is 5.75. The van der Waals surface area contributed by atoms with E-state index in [9.17, 15) is 9.59 Å². The number of H-pyrrole nitrogens is 1. The van der Waals surface area contributed by atoms with Crippen molar-refractivity contribution in [3.05, 3.63) is 28.4 Å². The molecule has 1 aromatic heterocycles. The highest BCUT2D eigenvalue weighted by Gasteiger charge is 2.21. The van der Waals surface area contributed by atoms with E-state index < -0.39 is 5.97 Å². The molecular weight excluding hydrogens is 386 g/mol. The number of anilines is 1. The average molecular weight is 408 g/mol. The minimum absolute atomic E-state index is 0.0988. The number of hydrogen-bond acceptors (Lipinski definition) is 4. The number of aromatic amines is 1. The van der Waals surface area contributed by atoms with Crippen LogP contribution in [0.1, 0.15) is 36.7 Å².